The van der Waals surface area contributed by atoms with E-state index in [4.69, 9.17) is 21.1 Å². The third kappa shape index (κ3) is 2.90. The van der Waals surface area contributed by atoms with Gasteiger partial charge in [0.25, 0.3) is 5.91 Å². The maximum Gasteiger partial charge on any atom is 0.251 e. The molecule has 1 saturated heterocycles. The van der Waals surface area contributed by atoms with Gasteiger partial charge in [0.15, 0.2) is 11.5 Å². The molecule has 112 valence electrons. The van der Waals surface area contributed by atoms with Crippen LogP contribution in [-0.4, -0.2) is 49.0 Å². The standard InChI is InChI=1S/C14H15ClN2O4/c15-4-13(18)17-6-9(7-17)5-16-14(19)10-1-2-11-12(3-10)21-8-20-11/h1-3,9H,4-8H2,(H,16,19). The van der Waals surface area contributed by atoms with E-state index in [2.05, 4.69) is 5.32 Å². The molecule has 7 heteroatoms. The maximum absolute atomic E-state index is 12.1. The topological polar surface area (TPSA) is 67.9 Å². The number of nitrogens with one attached hydrogen (secondary N) is 1. The van der Waals surface area contributed by atoms with E-state index >= 15 is 0 Å². The molecule has 0 atom stereocenters. The van der Waals surface area contributed by atoms with Crippen LogP contribution in [0.1, 0.15) is 10.4 Å². The van der Waals surface area contributed by atoms with E-state index in [1.165, 1.54) is 0 Å². The largest absolute Gasteiger partial charge is 0.454 e. The quantitative estimate of drug-likeness (QED) is 0.837. The van der Waals surface area contributed by atoms with Crippen molar-refractivity contribution < 1.29 is 19.1 Å². The molecule has 0 bridgehead atoms. The van der Waals surface area contributed by atoms with Gasteiger partial charge in [-0.1, -0.05) is 0 Å². The third-order valence-electron chi connectivity index (χ3n) is 3.61. The summed E-state index contributed by atoms with van der Waals surface area (Å²) >= 11 is 5.48. The van der Waals surface area contributed by atoms with Crippen molar-refractivity contribution >= 4 is 23.4 Å². The summed E-state index contributed by atoms with van der Waals surface area (Å²) in [6, 6.07) is 5.09. The second-order valence-electron chi connectivity index (χ2n) is 5.08. The Morgan fingerprint density at radius 2 is 2.05 bits per heavy atom. The Kier molecular flexibility index (Phi) is 3.88. The number of carbonyl (C=O) groups excluding carboxylic acids is 2. The van der Waals surface area contributed by atoms with E-state index < -0.39 is 0 Å². The van der Waals surface area contributed by atoms with E-state index in [-0.39, 0.29) is 30.4 Å². The Hall–Kier alpha value is -1.95. The summed E-state index contributed by atoms with van der Waals surface area (Å²) in [5.41, 5.74) is 0.535. The fourth-order valence-electron chi connectivity index (χ4n) is 2.36. The van der Waals surface area contributed by atoms with E-state index in [0.29, 0.717) is 36.7 Å². The Morgan fingerprint density at radius 1 is 1.29 bits per heavy atom. The molecule has 0 spiro atoms. The first kappa shape index (κ1) is 14.0. The van der Waals surface area contributed by atoms with Crippen LogP contribution in [0.15, 0.2) is 18.2 Å². The van der Waals surface area contributed by atoms with Crippen LogP contribution in [0.4, 0.5) is 0 Å². The number of ether oxygens (including phenoxy) is 2. The number of fused-ring (bicyclic) bond motifs is 1. The van der Waals surface area contributed by atoms with Crippen molar-refractivity contribution in [3.63, 3.8) is 0 Å². The monoisotopic (exact) mass is 310 g/mol. The molecule has 0 radical (unpaired) electrons. The summed E-state index contributed by atoms with van der Waals surface area (Å²) in [5, 5.41) is 2.86. The molecule has 6 nitrogen and oxygen atoms in total. The minimum Gasteiger partial charge on any atom is -0.454 e. The molecule has 0 aliphatic carbocycles. The van der Waals surface area contributed by atoms with Gasteiger partial charge in [0, 0.05) is 31.1 Å². The van der Waals surface area contributed by atoms with Crippen molar-refractivity contribution in [2.75, 3.05) is 32.3 Å². The lowest BCUT2D eigenvalue weighted by Gasteiger charge is -2.39. The molecule has 1 aromatic carbocycles. The molecule has 21 heavy (non-hydrogen) atoms. The van der Waals surface area contributed by atoms with E-state index in [1.807, 2.05) is 0 Å². The van der Waals surface area contributed by atoms with Crippen LogP contribution in [0.2, 0.25) is 0 Å². The van der Waals surface area contributed by atoms with Gasteiger partial charge in [-0.25, -0.2) is 0 Å². The molecule has 2 amide bonds. The van der Waals surface area contributed by atoms with Crippen molar-refractivity contribution in [1.82, 2.24) is 10.2 Å². The van der Waals surface area contributed by atoms with E-state index in [0.717, 1.165) is 0 Å². The maximum atomic E-state index is 12.1. The summed E-state index contributed by atoms with van der Waals surface area (Å²) in [4.78, 5) is 25.0. The van der Waals surface area contributed by atoms with Crippen LogP contribution in [0.3, 0.4) is 0 Å². The highest BCUT2D eigenvalue weighted by molar-refractivity contribution is 6.27. The number of likely N-dealkylation sites (tertiary alicyclic amines) is 1. The van der Waals surface area contributed by atoms with Gasteiger partial charge in [0.2, 0.25) is 12.7 Å². The smallest absolute Gasteiger partial charge is 0.251 e. The fourth-order valence-corrected chi connectivity index (χ4v) is 2.53. The van der Waals surface area contributed by atoms with Crippen molar-refractivity contribution in [3.8, 4) is 11.5 Å². The van der Waals surface area contributed by atoms with Crippen LogP contribution in [0.25, 0.3) is 0 Å². The lowest BCUT2D eigenvalue weighted by atomic mass is 10.00. The van der Waals surface area contributed by atoms with Gasteiger partial charge in [-0.05, 0) is 18.2 Å². The zero-order valence-corrected chi connectivity index (χ0v) is 12.1. The molecule has 1 aromatic rings. The van der Waals surface area contributed by atoms with Gasteiger partial charge < -0.3 is 19.7 Å². The number of nitrogens with zero attached hydrogens (tertiary/aromatic N) is 1. The number of rotatable bonds is 4. The highest BCUT2D eigenvalue weighted by atomic mass is 35.5. The molecule has 2 heterocycles. The normalized spacial score (nSPS) is 16.5. The van der Waals surface area contributed by atoms with Crippen LogP contribution in [0, 0.1) is 5.92 Å². The molecular formula is C14H15ClN2O4. The third-order valence-corrected chi connectivity index (χ3v) is 3.84. The summed E-state index contributed by atoms with van der Waals surface area (Å²) in [6.07, 6.45) is 0. The second-order valence-corrected chi connectivity index (χ2v) is 5.34. The van der Waals surface area contributed by atoms with Crippen LogP contribution >= 0.6 is 11.6 Å². The first-order valence-corrected chi connectivity index (χ1v) is 7.22. The van der Waals surface area contributed by atoms with Crippen molar-refractivity contribution in [1.29, 1.82) is 0 Å². The van der Waals surface area contributed by atoms with Gasteiger partial charge in [0.1, 0.15) is 5.88 Å². The molecule has 0 saturated carbocycles. The summed E-state index contributed by atoms with van der Waals surface area (Å²) in [5.74, 6) is 1.32. The average Bonchev–Trinajstić information content (AvgIpc) is 2.92. The number of halogens is 1. The lowest BCUT2D eigenvalue weighted by Crippen LogP contribution is -2.54. The fraction of sp³-hybridized carbons (Fsp3) is 0.429. The highest BCUT2D eigenvalue weighted by Gasteiger charge is 2.30. The summed E-state index contributed by atoms with van der Waals surface area (Å²) in [6.45, 7) is 2.02. The molecule has 1 fully saturated rings. The Balaban J connectivity index is 1.48. The molecule has 2 aliphatic heterocycles. The molecule has 3 rings (SSSR count). The van der Waals surface area contributed by atoms with Gasteiger partial charge in [0.05, 0.1) is 0 Å². The molecule has 1 N–H and O–H groups in total. The van der Waals surface area contributed by atoms with Crippen molar-refractivity contribution in [2.24, 2.45) is 5.92 Å². The highest BCUT2D eigenvalue weighted by Crippen LogP contribution is 2.32. The van der Waals surface area contributed by atoms with Gasteiger partial charge >= 0.3 is 0 Å². The van der Waals surface area contributed by atoms with Crippen LogP contribution < -0.4 is 14.8 Å². The number of hydrogen-bond donors (Lipinski definition) is 1. The number of benzene rings is 1. The van der Waals surface area contributed by atoms with Crippen LogP contribution in [0.5, 0.6) is 11.5 Å². The number of alkyl halides is 1. The van der Waals surface area contributed by atoms with Gasteiger partial charge in [-0.15, -0.1) is 11.6 Å². The lowest BCUT2D eigenvalue weighted by molar-refractivity contribution is -0.134. The molecule has 0 unspecified atom stereocenters. The van der Waals surface area contributed by atoms with Crippen molar-refractivity contribution in [3.05, 3.63) is 23.8 Å². The Labute approximate surface area is 127 Å². The Bertz CT molecular complexity index is 572. The number of amides is 2. The number of hydrogen-bond acceptors (Lipinski definition) is 4. The minimum absolute atomic E-state index is 0.0102. The van der Waals surface area contributed by atoms with Crippen molar-refractivity contribution in [2.45, 2.75) is 0 Å². The average molecular weight is 311 g/mol. The predicted molar refractivity (Wildman–Crippen MR) is 75.7 cm³/mol. The summed E-state index contributed by atoms with van der Waals surface area (Å²) < 4.78 is 10.4. The van der Waals surface area contributed by atoms with Crippen LogP contribution in [-0.2, 0) is 4.79 Å². The van der Waals surface area contributed by atoms with Gasteiger partial charge in [-0.2, -0.15) is 0 Å². The number of carbonyl (C=O) groups is 2. The van der Waals surface area contributed by atoms with E-state index in [9.17, 15) is 9.59 Å². The first-order valence-electron chi connectivity index (χ1n) is 6.69. The zero-order valence-electron chi connectivity index (χ0n) is 11.3. The first-order chi connectivity index (χ1) is 10.2. The SMILES string of the molecule is O=C(NCC1CN(C(=O)CCl)C1)c1ccc2c(c1)OCO2. The molecule has 0 aromatic heterocycles. The minimum atomic E-state index is -0.157. The zero-order chi connectivity index (χ0) is 14.8. The van der Waals surface area contributed by atoms with Gasteiger partial charge in [-0.3, -0.25) is 9.59 Å². The van der Waals surface area contributed by atoms with E-state index in [1.54, 1.807) is 23.1 Å². The Morgan fingerprint density at radius 3 is 2.81 bits per heavy atom. The molecular weight excluding hydrogens is 296 g/mol. The second kappa shape index (κ2) is 5.81. The summed E-state index contributed by atoms with van der Waals surface area (Å²) in [7, 11) is 0. The molecule has 2 aliphatic rings. The predicted octanol–water partition coefficient (Wildman–Crippen LogP) is 0.842.